The highest BCUT2D eigenvalue weighted by Crippen LogP contribution is 1.99. The molecule has 0 aliphatic carbocycles. The maximum atomic E-state index is 11.4. The Kier molecular flexibility index (Phi) is 3.67. The number of nitrogens with zero attached hydrogens (tertiary/aromatic N) is 1. The van der Waals surface area contributed by atoms with Crippen LogP contribution in [0.4, 0.5) is 5.82 Å². The molecule has 2 amide bonds. The van der Waals surface area contributed by atoms with Gasteiger partial charge in [0.15, 0.2) is 0 Å². The molecule has 0 saturated heterocycles. The monoisotopic (exact) mass is 211 g/mol. The fraction of sp³-hybridized carbons (Fsp3) is 0.375. The number of amides is 2. The van der Waals surface area contributed by atoms with Crippen LogP contribution in [0.5, 0.6) is 0 Å². The van der Waals surface area contributed by atoms with E-state index in [-0.39, 0.29) is 36.3 Å². The molecule has 1 aromatic heterocycles. The first-order valence-electron chi connectivity index (χ1n) is 4.43. The van der Waals surface area contributed by atoms with Gasteiger partial charge in [0, 0.05) is 26.1 Å². The summed E-state index contributed by atoms with van der Waals surface area (Å²) in [4.78, 5) is 22.2. The van der Waals surface area contributed by atoms with Crippen molar-refractivity contribution in [1.29, 1.82) is 0 Å². The van der Waals surface area contributed by atoms with Gasteiger partial charge in [0.05, 0.1) is 0 Å². The average molecular weight is 211 g/mol. The van der Waals surface area contributed by atoms with E-state index in [9.17, 15) is 9.59 Å². The molecule has 82 valence electrons. The van der Waals surface area contributed by atoms with E-state index in [1.54, 1.807) is 7.05 Å². The molecule has 0 unspecified atom stereocenters. The Morgan fingerprint density at radius 2 is 2.33 bits per heavy atom. The molecule has 0 spiro atoms. The van der Waals surface area contributed by atoms with Crippen LogP contribution in [0.2, 0.25) is 0 Å². The van der Waals surface area contributed by atoms with Gasteiger partial charge in [-0.15, -0.1) is 0 Å². The minimum Gasteiger partial charge on any atom is -0.382 e. The van der Waals surface area contributed by atoms with Crippen LogP contribution in [-0.2, 0) is 4.79 Å². The summed E-state index contributed by atoms with van der Waals surface area (Å²) in [6.07, 6.45) is 0.242. The lowest BCUT2D eigenvalue weighted by Gasteiger charge is -2.01. The lowest BCUT2D eigenvalue weighted by molar-refractivity contribution is -0.120. The normalized spacial score (nSPS) is 9.67. The number of H-pyrrole nitrogens is 1. The molecule has 0 fully saturated rings. The molecule has 0 radical (unpaired) electrons. The van der Waals surface area contributed by atoms with E-state index >= 15 is 0 Å². The number of carbonyl (C=O) groups excluding carboxylic acids is 2. The lowest BCUT2D eigenvalue weighted by Crippen LogP contribution is -2.29. The molecule has 15 heavy (non-hydrogen) atoms. The van der Waals surface area contributed by atoms with E-state index < -0.39 is 0 Å². The third kappa shape index (κ3) is 3.29. The van der Waals surface area contributed by atoms with Gasteiger partial charge in [-0.2, -0.15) is 5.10 Å². The molecule has 0 aromatic carbocycles. The molecule has 7 nitrogen and oxygen atoms in total. The number of carbonyl (C=O) groups is 2. The summed E-state index contributed by atoms with van der Waals surface area (Å²) in [5.41, 5.74) is 5.61. The first-order chi connectivity index (χ1) is 7.13. The molecular weight excluding hydrogens is 198 g/mol. The van der Waals surface area contributed by atoms with Crippen LogP contribution in [0.3, 0.4) is 0 Å². The molecule has 0 bridgehead atoms. The van der Waals surface area contributed by atoms with Gasteiger partial charge >= 0.3 is 0 Å². The Balaban J connectivity index is 2.34. The highest BCUT2D eigenvalue weighted by Gasteiger charge is 2.08. The lowest BCUT2D eigenvalue weighted by atomic mass is 10.3. The number of nitrogen functional groups attached to an aromatic ring is 1. The Morgan fingerprint density at radius 1 is 1.60 bits per heavy atom. The van der Waals surface area contributed by atoms with Gasteiger partial charge in [-0.3, -0.25) is 14.7 Å². The number of anilines is 1. The predicted molar refractivity (Wildman–Crippen MR) is 54.0 cm³/mol. The van der Waals surface area contributed by atoms with Gasteiger partial charge in [0.25, 0.3) is 5.91 Å². The summed E-state index contributed by atoms with van der Waals surface area (Å²) in [7, 11) is 1.54. The van der Waals surface area contributed by atoms with Crippen molar-refractivity contribution in [1.82, 2.24) is 20.8 Å². The van der Waals surface area contributed by atoms with Crippen molar-refractivity contribution in [2.45, 2.75) is 6.42 Å². The standard InChI is InChI=1S/C8H13N5O2/c1-10-7(14)2-3-11-8(15)5-4-6(9)13-12-5/h4H,2-3H2,1H3,(H,10,14)(H,11,15)(H3,9,12,13). The number of aromatic nitrogens is 2. The fourth-order valence-electron chi connectivity index (χ4n) is 0.963. The molecule has 7 heteroatoms. The van der Waals surface area contributed by atoms with Crippen molar-refractivity contribution < 1.29 is 9.59 Å². The molecule has 0 aliphatic heterocycles. The maximum absolute atomic E-state index is 11.4. The van der Waals surface area contributed by atoms with Gasteiger partial charge in [0.2, 0.25) is 5.91 Å². The third-order valence-corrected chi connectivity index (χ3v) is 1.76. The Hall–Kier alpha value is -2.05. The SMILES string of the molecule is CNC(=O)CCNC(=O)c1cc(N)n[nH]1. The minimum absolute atomic E-state index is 0.126. The summed E-state index contributed by atoms with van der Waals surface area (Å²) < 4.78 is 0. The van der Waals surface area contributed by atoms with Crippen molar-refractivity contribution in [2.75, 3.05) is 19.3 Å². The van der Waals surface area contributed by atoms with Crippen molar-refractivity contribution in [3.63, 3.8) is 0 Å². The van der Waals surface area contributed by atoms with Crippen LogP contribution in [0, 0.1) is 0 Å². The Labute approximate surface area is 86.4 Å². The molecule has 1 aromatic rings. The number of aromatic amines is 1. The summed E-state index contributed by atoms with van der Waals surface area (Å²) >= 11 is 0. The largest absolute Gasteiger partial charge is 0.382 e. The van der Waals surface area contributed by atoms with Crippen molar-refractivity contribution in [2.24, 2.45) is 0 Å². The summed E-state index contributed by atoms with van der Waals surface area (Å²) in [6.45, 7) is 0.275. The number of rotatable bonds is 4. The highest BCUT2D eigenvalue weighted by molar-refractivity contribution is 5.93. The second-order valence-corrected chi connectivity index (χ2v) is 2.89. The van der Waals surface area contributed by atoms with E-state index in [0.29, 0.717) is 0 Å². The zero-order valence-electron chi connectivity index (χ0n) is 8.33. The summed E-state index contributed by atoms with van der Waals surface area (Å²) in [5, 5.41) is 11.1. The zero-order valence-corrected chi connectivity index (χ0v) is 8.33. The van der Waals surface area contributed by atoms with Crippen molar-refractivity contribution in [3.8, 4) is 0 Å². The number of hydrogen-bond donors (Lipinski definition) is 4. The molecule has 0 aliphatic rings. The highest BCUT2D eigenvalue weighted by atomic mass is 16.2. The average Bonchev–Trinajstić information content (AvgIpc) is 2.64. The smallest absolute Gasteiger partial charge is 0.269 e. The molecular formula is C8H13N5O2. The zero-order chi connectivity index (χ0) is 11.3. The molecule has 0 saturated carbocycles. The molecule has 5 N–H and O–H groups in total. The third-order valence-electron chi connectivity index (χ3n) is 1.76. The Bertz CT molecular complexity index is 360. The van der Waals surface area contributed by atoms with Crippen LogP contribution in [0.15, 0.2) is 6.07 Å². The second kappa shape index (κ2) is 4.99. The summed E-state index contributed by atoms with van der Waals surface area (Å²) in [5.74, 6) is -0.200. The van der Waals surface area contributed by atoms with E-state index in [4.69, 9.17) is 5.73 Å². The van der Waals surface area contributed by atoms with Gasteiger partial charge in [0.1, 0.15) is 11.5 Å². The quantitative estimate of drug-likeness (QED) is 0.504. The first kappa shape index (κ1) is 11.0. The van der Waals surface area contributed by atoms with Crippen molar-refractivity contribution >= 4 is 17.6 Å². The predicted octanol–water partition coefficient (Wildman–Crippen LogP) is -1.14. The van der Waals surface area contributed by atoms with E-state index in [1.807, 2.05) is 0 Å². The van der Waals surface area contributed by atoms with E-state index in [2.05, 4.69) is 20.8 Å². The molecule has 1 heterocycles. The van der Waals surface area contributed by atoms with E-state index in [0.717, 1.165) is 0 Å². The van der Waals surface area contributed by atoms with Gasteiger partial charge in [-0.05, 0) is 0 Å². The fourth-order valence-corrected chi connectivity index (χ4v) is 0.963. The number of hydrogen-bond acceptors (Lipinski definition) is 4. The number of nitrogens with one attached hydrogen (secondary N) is 3. The van der Waals surface area contributed by atoms with Crippen molar-refractivity contribution in [3.05, 3.63) is 11.8 Å². The van der Waals surface area contributed by atoms with Crippen LogP contribution in [-0.4, -0.2) is 35.6 Å². The molecule has 1 rings (SSSR count). The number of nitrogens with two attached hydrogens (primary N) is 1. The Morgan fingerprint density at radius 3 is 2.87 bits per heavy atom. The summed E-state index contributed by atoms with van der Waals surface area (Å²) in [6, 6.07) is 1.43. The van der Waals surface area contributed by atoms with Crippen LogP contribution in [0.1, 0.15) is 16.9 Å². The van der Waals surface area contributed by atoms with Gasteiger partial charge < -0.3 is 16.4 Å². The maximum Gasteiger partial charge on any atom is 0.269 e. The van der Waals surface area contributed by atoms with Crippen LogP contribution in [0.25, 0.3) is 0 Å². The van der Waals surface area contributed by atoms with Crippen LogP contribution >= 0.6 is 0 Å². The van der Waals surface area contributed by atoms with E-state index in [1.165, 1.54) is 6.07 Å². The minimum atomic E-state index is -0.330. The van der Waals surface area contributed by atoms with Crippen LogP contribution < -0.4 is 16.4 Å². The first-order valence-corrected chi connectivity index (χ1v) is 4.43. The second-order valence-electron chi connectivity index (χ2n) is 2.89. The van der Waals surface area contributed by atoms with Gasteiger partial charge in [-0.1, -0.05) is 0 Å². The topological polar surface area (TPSA) is 113 Å². The molecule has 0 atom stereocenters. The van der Waals surface area contributed by atoms with Gasteiger partial charge in [-0.25, -0.2) is 0 Å².